The summed E-state index contributed by atoms with van der Waals surface area (Å²) < 4.78 is 26.4. The summed E-state index contributed by atoms with van der Waals surface area (Å²) in [6.45, 7) is 5.66. The molecule has 0 fully saturated rings. The molecule has 0 saturated heterocycles. The van der Waals surface area contributed by atoms with Crippen LogP contribution in [0, 0.1) is 17.6 Å². The Hall–Kier alpha value is -0.920. The summed E-state index contributed by atoms with van der Waals surface area (Å²) in [5.41, 5.74) is 0.370. The lowest BCUT2D eigenvalue weighted by atomic mass is 10.1. The maximum Gasteiger partial charge on any atom is 0.190 e. The van der Waals surface area contributed by atoms with Crippen LogP contribution in [0.1, 0.15) is 25.8 Å². The van der Waals surface area contributed by atoms with Crippen molar-refractivity contribution in [1.29, 1.82) is 0 Å². The highest BCUT2D eigenvalue weighted by Gasteiger charge is 2.04. The highest BCUT2D eigenvalue weighted by Crippen LogP contribution is 2.09. The zero-order valence-corrected chi connectivity index (χ0v) is 15.1. The molecule has 0 radical (unpaired) electrons. The number of nitrogens with one attached hydrogen (secondary N) is 2. The van der Waals surface area contributed by atoms with Gasteiger partial charge < -0.3 is 10.6 Å². The third-order valence-electron chi connectivity index (χ3n) is 2.93. The largest absolute Gasteiger partial charge is 0.356 e. The van der Waals surface area contributed by atoms with Crippen LogP contribution in [-0.2, 0) is 6.42 Å². The van der Waals surface area contributed by atoms with Gasteiger partial charge in [0.05, 0.1) is 0 Å². The summed E-state index contributed by atoms with van der Waals surface area (Å²) >= 11 is 0. The number of rotatable bonds is 6. The topological polar surface area (TPSA) is 36.4 Å². The van der Waals surface area contributed by atoms with E-state index in [1.165, 1.54) is 6.07 Å². The van der Waals surface area contributed by atoms with E-state index in [9.17, 15) is 8.78 Å². The van der Waals surface area contributed by atoms with Gasteiger partial charge in [-0.1, -0.05) is 13.8 Å². The molecule has 2 N–H and O–H groups in total. The van der Waals surface area contributed by atoms with E-state index < -0.39 is 5.82 Å². The summed E-state index contributed by atoms with van der Waals surface area (Å²) in [7, 11) is 1.69. The second-order valence-corrected chi connectivity index (χ2v) is 5.09. The van der Waals surface area contributed by atoms with E-state index in [1.54, 1.807) is 7.05 Å². The monoisotopic (exact) mass is 411 g/mol. The standard InChI is InChI=1S/C15H23F2N3.HI/c1-11(2)6-8-19-15(18-3)20-9-7-12-10-13(16)4-5-14(12)17;/h4-5,10-11H,6-9H2,1-3H3,(H2,18,19,20);1H. The Kier molecular flexibility index (Phi) is 10.3. The SMILES string of the molecule is CN=C(NCCc1cc(F)ccc1F)NCCC(C)C.I. The third kappa shape index (κ3) is 8.18. The number of hydrogen-bond donors (Lipinski definition) is 2. The molecule has 0 bridgehead atoms. The van der Waals surface area contributed by atoms with Crippen molar-refractivity contribution in [2.45, 2.75) is 26.7 Å². The molecule has 0 aliphatic heterocycles. The zero-order valence-electron chi connectivity index (χ0n) is 12.7. The minimum Gasteiger partial charge on any atom is -0.356 e. The maximum absolute atomic E-state index is 13.4. The Balaban J connectivity index is 0.00000400. The second-order valence-electron chi connectivity index (χ2n) is 5.09. The summed E-state index contributed by atoms with van der Waals surface area (Å²) in [5, 5.41) is 6.27. The normalized spacial score (nSPS) is 11.2. The molecule has 0 aliphatic rings. The minimum atomic E-state index is -0.416. The van der Waals surface area contributed by atoms with Gasteiger partial charge in [-0.2, -0.15) is 0 Å². The Bertz CT molecular complexity index is 451. The molecule has 3 nitrogen and oxygen atoms in total. The number of halogens is 3. The van der Waals surface area contributed by atoms with Crippen LogP contribution in [0.4, 0.5) is 8.78 Å². The molecule has 0 spiro atoms. The minimum absolute atomic E-state index is 0. The van der Waals surface area contributed by atoms with Crippen LogP contribution < -0.4 is 10.6 Å². The van der Waals surface area contributed by atoms with E-state index in [1.807, 2.05) is 0 Å². The third-order valence-corrected chi connectivity index (χ3v) is 2.93. The van der Waals surface area contributed by atoms with Crippen molar-refractivity contribution < 1.29 is 8.78 Å². The van der Waals surface area contributed by atoms with Crippen molar-refractivity contribution in [3.05, 3.63) is 35.4 Å². The van der Waals surface area contributed by atoms with Crippen LogP contribution in [-0.4, -0.2) is 26.1 Å². The lowest BCUT2D eigenvalue weighted by Gasteiger charge is -2.13. The van der Waals surface area contributed by atoms with Crippen LogP contribution in [0.25, 0.3) is 0 Å². The number of benzene rings is 1. The van der Waals surface area contributed by atoms with Gasteiger partial charge in [0.1, 0.15) is 11.6 Å². The van der Waals surface area contributed by atoms with Gasteiger partial charge >= 0.3 is 0 Å². The fourth-order valence-corrected chi connectivity index (χ4v) is 1.75. The molecule has 1 rings (SSSR count). The summed E-state index contributed by atoms with van der Waals surface area (Å²) in [5.74, 6) is 0.515. The number of guanidine groups is 1. The van der Waals surface area contributed by atoms with Crippen LogP contribution in [0.2, 0.25) is 0 Å². The van der Waals surface area contributed by atoms with E-state index in [4.69, 9.17) is 0 Å². The summed E-state index contributed by atoms with van der Waals surface area (Å²) in [6.07, 6.45) is 1.47. The van der Waals surface area contributed by atoms with Crippen molar-refractivity contribution in [2.24, 2.45) is 10.9 Å². The van der Waals surface area contributed by atoms with Crippen LogP contribution in [0.3, 0.4) is 0 Å². The lowest BCUT2D eigenvalue weighted by molar-refractivity contribution is 0.571. The van der Waals surface area contributed by atoms with Crippen LogP contribution in [0.5, 0.6) is 0 Å². The van der Waals surface area contributed by atoms with E-state index in [0.29, 0.717) is 30.4 Å². The average Bonchev–Trinajstić information content (AvgIpc) is 2.40. The molecule has 0 aliphatic carbocycles. The van der Waals surface area contributed by atoms with Gasteiger partial charge in [0.25, 0.3) is 0 Å². The fraction of sp³-hybridized carbons (Fsp3) is 0.533. The molecule has 6 heteroatoms. The Morgan fingerprint density at radius 3 is 2.48 bits per heavy atom. The molecule has 0 atom stereocenters. The van der Waals surface area contributed by atoms with Crippen molar-refractivity contribution in [3.8, 4) is 0 Å². The molecule has 0 aromatic heterocycles. The zero-order chi connectivity index (χ0) is 15.0. The van der Waals surface area contributed by atoms with E-state index in [2.05, 4.69) is 29.5 Å². The maximum atomic E-state index is 13.4. The van der Waals surface area contributed by atoms with Crippen molar-refractivity contribution in [3.63, 3.8) is 0 Å². The Morgan fingerprint density at radius 1 is 1.19 bits per heavy atom. The highest BCUT2D eigenvalue weighted by molar-refractivity contribution is 14.0. The van der Waals surface area contributed by atoms with Gasteiger partial charge in [-0.3, -0.25) is 4.99 Å². The first-order valence-electron chi connectivity index (χ1n) is 6.91. The van der Waals surface area contributed by atoms with E-state index in [0.717, 1.165) is 25.1 Å². The van der Waals surface area contributed by atoms with Gasteiger partial charge in [0, 0.05) is 20.1 Å². The van der Waals surface area contributed by atoms with Crippen molar-refractivity contribution in [1.82, 2.24) is 10.6 Å². The first-order valence-corrected chi connectivity index (χ1v) is 6.91. The fourth-order valence-electron chi connectivity index (χ4n) is 1.75. The first-order chi connectivity index (χ1) is 9.52. The van der Waals surface area contributed by atoms with Crippen LogP contribution in [0.15, 0.2) is 23.2 Å². The quantitative estimate of drug-likeness (QED) is 0.428. The molecule has 21 heavy (non-hydrogen) atoms. The summed E-state index contributed by atoms with van der Waals surface area (Å²) in [4.78, 5) is 4.08. The molecule has 120 valence electrons. The first kappa shape index (κ1) is 20.1. The second kappa shape index (κ2) is 10.8. The molecular weight excluding hydrogens is 387 g/mol. The smallest absolute Gasteiger partial charge is 0.190 e. The molecule has 1 aromatic carbocycles. The van der Waals surface area contributed by atoms with Gasteiger partial charge in [-0.25, -0.2) is 8.78 Å². The predicted octanol–water partition coefficient (Wildman–Crippen LogP) is 3.34. The van der Waals surface area contributed by atoms with Gasteiger partial charge in [-0.05, 0) is 42.5 Å². The summed E-state index contributed by atoms with van der Waals surface area (Å²) in [6, 6.07) is 3.50. The number of hydrogen-bond acceptors (Lipinski definition) is 1. The van der Waals surface area contributed by atoms with Gasteiger partial charge in [0.2, 0.25) is 0 Å². The van der Waals surface area contributed by atoms with E-state index >= 15 is 0 Å². The van der Waals surface area contributed by atoms with Gasteiger partial charge in [0.15, 0.2) is 5.96 Å². The molecule has 0 heterocycles. The van der Waals surface area contributed by atoms with Crippen molar-refractivity contribution >= 4 is 29.9 Å². The van der Waals surface area contributed by atoms with E-state index in [-0.39, 0.29) is 29.8 Å². The average molecular weight is 411 g/mol. The number of nitrogens with zero attached hydrogens (tertiary/aromatic N) is 1. The Labute approximate surface area is 142 Å². The molecular formula is C15H24F2IN3. The highest BCUT2D eigenvalue weighted by atomic mass is 127. The lowest BCUT2D eigenvalue weighted by Crippen LogP contribution is -2.39. The van der Waals surface area contributed by atoms with Crippen molar-refractivity contribution in [2.75, 3.05) is 20.1 Å². The molecule has 0 saturated carbocycles. The predicted molar refractivity (Wildman–Crippen MR) is 94.3 cm³/mol. The molecule has 0 amide bonds. The molecule has 1 aromatic rings. The van der Waals surface area contributed by atoms with Crippen LogP contribution >= 0.6 is 24.0 Å². The molecule has 0 unspecified atom stereocenters. The van der Waals surface area contributed by atoms with Gasteiger partial charge in [-0.15, -0.1) is 24.0 Å². The number of aliphatic imine (C=N–C) groups is 1. The Morgan fingerprint density at radius 2 is 1.86 bits per heavy atom.